The first-order chi connectivity index (χ1) is 8.56. The van der Waals surface area contributed by atoms with Crippen molar-refractivity contribution >= 4 is 23.2 Å². The summed E-state index contributed by atoms with van der Waals surface area (Å²) in [5.41, 5.74) is 0.227. The van der Waals surface area contributed by atoms with E-state index in [9.17, 15) is 14.3 Å². The minimum absolute atomic E-state index is 0.00385. The Balaban J connectivity index is 2.24. The molecule has 0 heterocycles. The summed E-state index contributed by atoms with van der Waals surface area (Å²) < 4.78 is 13.4. The topological polar surface area (TPSA) is 49.3 Å². The molecule has 0 aliphatic heterocycles. The van der Waals surface area contributed by atoms with E-state index in [1.807, 2.05) is 0 Å². The number of nitrogens with one attached hydrogen (secondary N) is 1. The van der Waals surface area contributed by atoms with Crippen LogP contribution in [0.1, 0.15) is 10.4 Å². The fraction of sp³-hybridized carbons (Fsp3) is 0. The van der Waals surface area contributed by atoms with Gasteiger partial charge in [0.2, 0.25) is 0 Å². The molecule has 0 spiro atoms. The number of halogens is 2. The van der Waals surface area contributed by atoms with Crippen molar-refractivity contribution in [2.75, 3.05) is 5.32 Å². The van der Waals surface area contributed by atoms with E-state index in [0.717, 1.165) is 0 Å². The standard InChI is InChI=1S/C13H9ClFNO2/c14-9-4-5-11(15)12(7-9)16-13(18)8-2-1-3-10(17)6-8/h1-7,17H,(H,16,18). The normalized spacial score (nSPS) is 10.1. The van der Waals surface area contributed by atoms with Gasteiger partial charge >= 0.3 is 0 Å². The molecule has 3 nitrogen and oxygen atoms in total. The molecular weight excluding hydrogens is 257 g/mol. The van der Waals surface area contributed by atoms with Crippen molar-refractivity contribution in [3.05, 3.63) is 58.9 Å². The van der Waals surface area contributed by atoms with E-state index in [2.05, 4.69) is 5.32 Å². The van der Waals surface area contributed by atoms with Crippen LogP contribution in [0.4, 0.5) is 10.1 Å². The Bertz CT molecular complexity index is 601. The van der Waals surface area contributed by atoms with Gasteiger partial charge in [0.15, 0.2) is 0 Å². The minimum Gasteiger partial charge on any atom is -0.508 e. The monoisotopic (exact) mass is 265 g/mol. The van der Waals surface area contributed by atoms with E-state index in [1.54, 1.807) is 0 Å². The van der Waals surface area contributed by atoms with Crippen molar-refractivity contribution in [2.24, 2.45) is 0 Å². The van der Waals surface area contributed by atoms with Crippen LogP contribution in [0.2, 0.25) is 5.02 Å². The molecule has 5 heteroatoms. The Kier molecular flexibility index (Phi) is 3.48. The molecule has 0 saturated heterocycles. The molecule has 2 aromatic carbocycles. The smallest absolute Gasteiger partial charge is 0.255 e. The van der Waals surface area contributed by atoms with E-state index in [-0.39, 0.29) is 17.0 Å². The molecule has 2 rings (SSSR count). The third-order valence-electron chi connectivity index (χ3n) is 2.28. The molecule has 0 bridgehead atoms. The number of phenols is 1. The Morgan fingerprint density at radius 1 is 1.22 bits per heavy atom. The second kappa shape index (κ2) is 5.06. The predicted octanol–water partition coefficient (Wildman–Crippen LogP) is 3.44. The third kappa shape index (κ3) is 2.78. The summed E-state index contributed by atoms with van der Waals surface area (Å²) in [4.78, 5) is 11.8. The summed E-state index contributed by atoms with van der Waals surface area (Å²) in [6.07, 6.45) is 0. The predicted molar refractivity (Wildman–Crippen MR) is 67.5 cm³/mol. The lowest BCUT2D eigenvalue weighted by atomic mass is 10.2. The number of rotatable bonds is 2. The van der Waals surface area contributed by atoms with Gasteiger partial charge in [-0.1, -0.05) is 17.7 Å². The Morgan fingerprint density at radius 3 is 2.72 bits per heavy atom. The van der Waals surface area contributed by atoms with Crippen molar-refractivity contribution < 1.29 is 14.3 Å². The highest BCUT2D eigenvalue weighted by Crippen LogP contribution is 2.20. The number of benzene rings is 2. The number of aromatic hydroxyl groups is 1. The van der Waals surface area contributed by atoms with Crippen molar-refractivity contribution in [2.45, 2.75) is 0 Å². The van der Waals surface area contributed by atoms with Crippen LogP contribution >= 0.6 is 11.6 Å². The summed E-state index contributed by atoms with van der Waals surface area (Å²) >= 11 is 5.71. The summed E-state index contributed by atoms with van der Waals surface area (Å²) in [5, 5.41) is 12.0. The fourth-order valence-corrected chi connectivity index (χ4v) is 1.61. The van der Waals surface area contributed by atoms with Gasteiger partial charge in [-0.15, -0.1) is 0 Å². The van der Waals surface area contributed by atoms with Gasteiger partial charge in [-0.3, -0.25) is 4.79 Å². The van der Waals surface area contributed by atoms with Crippen molar-refractivity contribution in [1.82, 2.24) is 0 Å². The summed E-state index contributed by atoms with van der Waals surface area (Å²) in [6.45, 7) is 0. The largest absolute Gasteiger partial charge is 0.508 e. The highest BCUT2D eigenvalue weighted by molar-refractivity contribution is 6.31. The van der Waals surface area contributed by atoms with E-state index < -0.39 is 11.7 Å². The van der Waals surface area contributed by atoms with Crippen LogP contribution in [0.3, 0.4) is 0 Å². The number of hydrogen-bond donors (Lipinski definition) is 2. The van der Waals surface area contributed by atoms with Crippen LogP contribution in [0.15, 0.2) is 42.5 Å². The van der Waals surface area contributed by atoms with Crippen molar-refractivity contribution in [3.8, 4) is 5.75 Å². The molecule has 2 aromatic rings. The van der Waals surface area contributed by atoms with Gasteiger partial charge < -0.3 is 10.4 Å². The van der Waals surface area contributed by atoms with E-state index in [1.165, 1.54) is 42.5 Å². The minimum atomic E-state index is -0.576. The van der Waals surface area contributed by atoms with Crippen molar-refractivity contribution in [1.29, 1.82) is 0 Å². The highest BCUT2D eigenvalue weighted by atomic mass is 35.5. The molecule has 0 aliphatic rings. The lowest BCUT2D eigenvalue weighted by Crippen LogP contribution is -2.12. The molecule has 0 fully saturated rings. The molecule has 0 saturated carbocycles. The summed E-state index contributed by atoms with van der Waals surface area (Å²) in [5.74, 6) is -1.13. The second-order valence-corrected chi connectivity index (χ2v) is 4.07. The maximum Gasteiger partial charge on any atom is 0.255 e. The molecular formula is C13H9ClFNO2. The van der Waals surface area contributed by atoms with Gasteiger partial charge in [-0.2, -0.15) is 0 Å². The van der Waals surface area contributed by atoms with Gasteiger partial charge in [-0.05, 0) is 36.4 Å². The molecule has 92 valence electrons. The lowest BCUT2D eigenvalue weighted by molar-refractivity contribution is 0.102. The first kappa shape index (κ1) is 12.4. The number of carbonyl (C=O) groups excluding carboxylic acids is 1. The van der Waals surface area contributed by atoms with Gasteiger partial charge in [0.1, 0.15) is 11.6 Å². The zero-order valence-corrected chi connectivity index (χ0v) is 9.91. The van der Waals surface area contributed by atoms with Crippen LogP contribution in [0.5, 0.6) is 5.75 Å². The Hall–Kier alpha value is -2.07. The second-order valence-electron chi connectivity index (χ2n) is 3.63. The number of amides is 1. The highest BCUT2D eigenvalue weighted by Gasteiger charge is 2.10. The Morgan fingerprint density at radius 2 is 2.00 bits per heavy atom. The van der Waals surface area contributed by atoms with E-state index >= 15 is 0 Å². The van der Waals surface area contributed by atoms with Gasteiger partial charge in [0.05, 0.1) is 5.69 Å². The molecule has 0 aromatic heterocycles. The Labute approximate surface area is 108 Å². The average Bonchev–Trinajstić information content (AvgIpc) is 2.34. The summed E-state index contributed by atoms with van der Waals surface area (Å²) in [6, 6.07) is 9.64. The van der Waals surface area contributed by atoms with Crippen LogP contribution in [0, 0.1) is 5.82 Å². The number of hydrogen-bond acceptors (Lipinski definition) is 2. The van der Waals surface area contributed by atoms with Gasteiger partial charge in [0.25, 0.3) is 5.91 Å². The molecule has 18 heavy (non-hydrogen) atoms. The SMILES string of the molecule is O=C(Nc1cc(Cl)ccc1F)c1cccc(O)c1. The zero-order valence-electron chi connectivity index (χ0n) is 9.15. The quantitative estimate of drug-likeness (QED) is 0.874. The number of phenolic OH excluding ortho intramolecular Hbond substituents is 1. The third-order valence-corrected chi connectivity index (χ3v) is 2.52. The van der Waals surface area contributed by atoms with Gasteiger partial charge in [-0.25, -0.2) is 4.39 Å². The number of anilines is 1. The fourth-order valence-electron chi connectivity index (χ4n) is 1.43. The molecule has 0 unspecified atom stereocenters. The molecule has 2 N–H and O–H groups in total. The molecule has 0 aliphatic carbocycles. The van der Waals surface area contributed by atoms with Crippen molar-refractivity contribution in [3.63, 3.8) is 0 Å². The van der Waals surface area contributed by atoms with Crippen LogP contribution in [-0.4, -0.2) is 11.0 Å². The first-order valence-corrected chi connectivity index (χ1v) is 5.49. The average molecular weight is 266 g/mol. The molecule has 1 amide bonds. The van der Waals surface area contributed by atoms with E-state index in [0.29, 0.717) is 5.02 Å². The summed E-state index contributed by atoms with van der Waals surface area (Å²) in [7, 11) is 0. The number of carbonyl (C=O) groups is 1. The van der Waals surface area contributed by atoms with Gasteiger partial charge in [0, 0.05) is 10.6 Å². The van der Waals surface area contributed by atoms with Crippen LogP contribution < -0.4 is 5.32 Å². The van der Waals surface area contributed by atoms with E-state index in [4.69, 9.17) is 11.6 Å². The van der Waals surface area contributed by atoms with Crippen LogP contribution in [0.25, 0.3) is 0 Å². The maximum atomic E-state index is 13.4. The lowest BCUT2D eigenvalue weighted by Gasteiger charge is -2.07. The van der Waals surface area contributed by atoms with Crippen LogP contribution in [-0.2, 0) is 0 Å². The zero-order chi connectivity index (χ0) is 13.1. The maximum absolute atomic E-state index is 13.4. The first-order valence-electron chi connectivity index (χ1n) is 5.12. The molecule has 0 radical (unpaired) electrons. The molecule has 0 atom stereocenters.